The van der Waals surface area contributed by atoms with Crippen LogP contribution in [0.1, 0.15) is 0 Å². The molecule has 0 amide bonds. The molecule has 0 saturated heterocycles. The van der Waals surface area contributed by atoms with E-state index < -0.39 is 52.3 Å². The van der Waals surface area contributed by atoms with E-state index in [1.165, 1.54) is 18.5 Å². The van der Waals surface area contributed by atoms with E-state index in [4.69, 9.17) is 11.6 Å². The van der Waals surface area contributed by atoms with Gasteiger partial charge >= 0.3 is 6.18 Å². The van der Waals surface area contributed by atoms with Gasteiger partial charge in [0.25, 0.3) is 0 Å². The minimum absolute atomic E-state index is 0.0777. The van der Waals surface area contributed by atoms with E-state index in [0.29, 0.717) is 12.1 Å². The molecule has 0 saturated carbocycles. The van der Waals surface area contributed by atoms with Gasteiger partial charge in [0.2, 0.25) is 5.82 Å². The summed E-state index contributed by atoms with van der Waals surface area (Å²) in [5.74, 6) is -4.96. The molecule has 0 aliphatic rings. The van der Waals surface area contributed by atoms with Gasteiger partial charge in [-0.05, 0) is 6.07 Å². The summed E-state index contributed by atoms with van der Waals surface area (Å²) in [4.78, 5) is 15.3. The highest BCUT2D eigenvalue weighted by atomic mass is 35.5. The fourth-order valence-corrected chi connectivity index (χ4v) is 2.53. The number of hydrogen-bond acceptors (Lipinski definition) is 5. The zero-order chi connectivity index (χ0) is 20.5. The summed E-state index contributed by atoms with van der Waals surface area (Å²) in [6.07, 6.45) is -2.01. The second-order valence-corrected chi connectivity index (χ2v) is 5.71. The van der Waals surface area contributed by atoms with Crippen molar-refractivity contribution in [3.8, 4) is 22.8 Å². The standard InChI is InChI=1S/C16H8ClF6N5/c17-12-11(10-8(19)4-7(18)5-9(10)20)13(26-6-16(21,22)23)28-15(27-12)14-24-2-1-3-25-14/h1-5H,6H2,(H,26,27,28). The van der Waals surface area contributed by atoms with E-state index in [-0.39, 0.29) is 11.6 Å². The van der Waals surface area contributed by atoms with Crippen molar-refractivity contribution in [2.24, 2.45) is 0 Å². The van der Waals surface area contributed by atoms with Gasteiger partial charge in [0.15, 0.2) is 5.82 Å². The van der Waals surface area contributed by atoms with Crippen LogP contribution < -0.4 is 5.32 Å². The molecule has 0 unspecified atom stereocenters. The maximum absolute atomic E-state index is 14.2. The first-order chi connectivity index (χ1) is 13.2. The molecule has 3 rings (SSSR count). The minimum atomic E-state index is -4.67. The Morgan fingerprint density at radius 1 is 0.893 bits per heavy atom. The van der Waals surface area contributed by atoms with Crippen LogP contribution in [0.5, 0.6) is 0 Å². The third kappa shape index (κ3) is 4.30. The van der Waals surface area contributed by atoms with Gasteiger partial charge in [-0.3, -0.25) is 0 Å². The summed E-state index contributed by atoms with van der Waals surface area (Å²) in [5, 5.41) is 1.35. The summed E-state index contributed by atoms with van der Waals surface area (Å²) in [6, 6.07) is 2.19. The van der Waals surface area contributed by atoms with Crippen molar-refractivity contribution in [2.45, 2.75) is 6.18 Å². The summed E-state index contributed by atoms with van der Waals surface area (Å²) < 4.78 is 79.5. The van der Waals surface area contributed by atoms with Crippen molar-refractivity contribution in [2.75, 3.05) is 11.9 Å². The Morgan fingerprint density at radius 2 is 1.50 bits per heavy atom. The Bertz CT molecular complexity index is 989. The topological polar surface area (TPSA) is 63.6 Å². The molecule has 1 aromatic carbocycles. The van der Waals surface area contributed by atoms with Crippen LogP contribution >= 0.6 is 11.6 Å². The summed E-state index contributed by atoms with van der Waals surface area (Å²) in [7, 11) is 0. The molecule has 146 valence electrons. The normalized spacial score (nSPS) is 11.5. The lowest BCUT2D eigenvalue weighted by molar-refractivity contribution is -0.115. The van der Waals surface area contributed by atoms with Crippen molar-refractivity contribution >= 4 is 17.4 Å². The molecule has 2 heterocycles. The van der Waals surface area contributed by atoms with Gasteiger partial charge < -0.3 is 5.32 Å². The maximum atomic E-state index is 14.2. The van der Waals surface area contributed by atoms with Gasteiger partial charge in [-0.1, -0.05) is 11.6 Å². The molecule has 2 aromatic heterocycles. The maximum Gasteiger partial charge on any atom is 0.405 e. The van der Waals surface area contributed by atoms with Crippen LogP contribution in [0.2, 0.25) is 5.15 Å². The Labute approximate surface area is 158 Å². The monoisotopic (exact) mass is 419 g/mol. The lowest BCUT2D eigenvalue weighted by Gasteiger charge is -2.16. The fourth-order valence-electron chi connectivity index (χ4n) is 2.26. The number of nitrogens with zero attached hydrogens (tertiary/aromatic N) is 4. The molecular formula is C16H8ClF6N5. The van der Waals surface area contributed by atoms with Crippen LogP contribution in [-0.2, 0) is 0 Å². The molecule has 0 aliphatic carbocycles. The van der Waals surface area contributed by atoms with E-state index in [0.717, 1.165) is 0 Å². The Kier molecular flexibility index (Phi) is 5.36. The average molecular weight is 420 g/mol. The van der Waals surface area contributed by atoms with Crippen LogP contribution in [0.25, 0.3) is 22.8 Å². The van der Waals surface area contributed by atoms with Crippen molar-refractivity contribution in [1.82, 2.24) is 19.9 Å². The van der Waals surface area contributed by atoms with Gasteiger partial charge in [0.1, 0.15) is 35.0 Å². The number of benzene rings is 1. The molecule has 5 nitrogen and oxygen atoms in total. The highest BCUT2D eigenvalue weighted by Gasteiger charge is 2.29. The summed E-state index contributed by atoms with van der Waals surface area (Å²) >= 11 is 6.00. The zero-order valence-corrected chi connectivity index (χ0v) is 14.3. The Balaban J connectivity index is 2.21. The number of rotatable bonds is 4. The van der Waals surface area contributed by atoms with Crippen molar-refractivity contribution in [1.29, 1.82) is 0 Å². The Morgan fingerprint density at radius 3 is 2.07 bits per heavy atom. The van der Waals surface area contributed by atoms with Gasteiger partial charge in [-0.2, -0.15) is 13.2 Å². The van der Waals surface area contributed by atoms with Crippen LogP contribution in [0.3, 0.4) is 0 Å². The number of anilines is 1. The van der Waals surface area contributed by atoms with E-state index >= 15 is 0 Å². The molecule has 28 heavy (non-hydrogen) atoms. The van der Waals surface area contributed by atoms with Gasteiger partial charge in [0.05, 0.1) is 11.1 Å². The van der Waals surface area contributed by atoms with Gasteiger partial charge in [-0.25, -0.2) is 33.1 Å². The molecule has 0 radical (unpaired) electrons. The van der Waals surface area contributed by atoms with Crippen LogP contribution in [-0.4, -0.2) is 32.7 Å². The number of aromatic nitrogens is 4. The highest BCUT2D eigenvalue weighted by Crippen LogP contribution is 2.38. The molecule has 0 bridgehead atoms. The summed E-state index contributed by atoms with van der Waals surface area (Å²) in [6.45, 7) is -1.58. The van der Waals surface area contributed by atoms with E-state index in [9.17, 15) is 26.3 Å². The average Bonchev–Trinajstić information content (AvgIpc) is 2.60. The van der Waals surface area contributed by atoms with Crippen LogP contribution in [0.4, 0.5) is 32.2 Å². The van der Waals surface area contributed by atoms with Crippen molar-refractivity contribution in [3.63, 3.8) is 0 Å². The first kappa shape index (κ1) is 19.8. The lowest BCUT2D eigenvalue weighted by Crippen LogP contribution is -2.22. The van der Waals surface area contributed by atoms with E-state index in [1.807, 2.05) is 5.32 Å². The van der Waals surface area contributed by atoms with Gasteiger partial charge in [-0.15, -0.1) is 0 Å². The fraction of sp³-hybridized carbons (Fsp3) is 0.125. The predicted octanol–water partition coefficient (Wildman–Crippen LogP) is 4.65. The Hall–Kier alpha value is -2.95. The molecule has 0 atom stereocenters. The first-order valence-corrected chi connectivity index (χ1v) is 7.84. The summed E-state index contributed by atoms with van der Waals surface area (Å²) in [5.41, 5.74) is -1.47. The van der Waals surface area contributed by atoms with Crippen molar-refractivity contribution in [3.05, 3.63) is 53.2 Å². The number of alkyl halides is 3. The van der Waals surface area contributed by atoms with E-state index in [1.54, 1.807) is 0 Å². The predicted molar refractivity (Wildman–Crippen MR) is 87.9 cm³/mol. The first-order valence-electron chi connectivity index (χ1n) is 7.46. The van der Waals surface area contributed by atoms with Crippen LogP contribution in [0.15, 0.2) is 30.6 Å². The molecule has 0 aliphatic heterocycles. The van der Waals surface area contributed by atoms with Crippen LogP contribution in [0, 0.1) is 17.5 Å². The largest absolute Gasteiger partial charge is 0.405 e. The number of halogens is 7. The second kappa shape index (κ2) is 7.58. The molecule has 0 fully saturated rings. The third-order valence-electron chi connectivity index (χ3n) is 3.34. The van der Waals surface area contributed by atoms with Gasteiger partial charge in [0, 0.05) is 24.5 Å². The number of hydrogen-bond donors (Lipinski definition) is 1. The highest BCUT2D eigenvalue weighted by molar-refractivity contribution is 6.32. The third-order valence-corrected chi connectivity index (χ3v) is 3.62. The van der Waals surface area contributed by atoms with Crippen molar-refractivity contribution < 1.29 is 26.3 Å². The molecular weight excluding hydrogens is 412 g/mol. The lowest BCUT2D eigenvalue weighted by atomic mass is 10.1. The molecule has 3 aromatic rings. The number of nitrogens with one attached hydrogen (secondary N) is 1. The second-order valence-electron chi connectivity index (χ2n) is 5.35. The zero-order valence-electron chi connectivity index (χ0n) is 13.5. The molecule has 12 heteroatoms. The SMILES string of the molecule is Fc1cc(F)c(-c2c(Cl)nc(-c3ncccn3)nc2NCC(F)(F)F)c(F)c1. The quantitative estimate of drug-likeness (QED) is 0.493. The van der Waals surface area contributed by atoms with E-state index in [2.05, 4.69) is 19.9 Å². The molecule has 0 spiro atoms. The molecule has 1 N–H and O–H groups in total. The minimum Gasteiger partial charge on any atom is -0.360 e. The smallest absolute Gasteiger partial charge is 0.360 e.